The van der Waals surface area contributed by atoms with E-state index < -0.39 is 0 Å². The van der Waals surface area contributed by atoms with Gasteiger partial charge in [0.1, 0.15) is 11.3 Å². The van der Waals surface area contributed by atoms with Crippen LogP contribution >= 0.6 is 0 Å². The highest BCUT2D eigenvalue weighted by Crippen LogP contribution is 2.32. The summed E-state index contributed by atoms with van der Waals surface area (Å²) in [4.78, 5) is 4.80. The number of fused-ring (bicyclic) bond motifs is 1. The largest absolute Gasteiger partial charge is 0.282 e. The minimum atomic E-state index is 0.740. The summed E-state index contributed by atoms with van der Waals surface area (Å²) in [6, 6.07) is 23.9. The first-order valence-corrected chi connectivity index (χ1v) is 7.83. The van der Waals surface area contributed by atoms with Crippen LogP contribution in [0.25, 0.3) is 16.9 Å². The van der Waals surface area contributed by atoms with E-state index in [2.05, 4.69) is 23.2 Å². The molecule has 0 N–H and O–H groups in total. The molecule has 4 rings (SSSR count). The molecule has 4 nitrogen and oxygen atoms in total. The van der Waals surface area contributed by atoms with E-state index in [1.807, 2.05) is 77.3 Å². The van der Waals surface area contributed by atoms with Gasteiger partial charge in [-0.1, -0.05) is 54.6 Å². The summed E-state index contributed by atoms with van der Waals surface area (Å²) in [7, 11) is 0. The van der Waals surface area contributed by atoms with E-state index in [1.54, 1.807) is 0 Å². The number of aryl methyl sites for hydroxylation is 1. The Morgan fingerprint density at radius 2 is 1.50 bits per heavy atom. The van der Waals surface area contributed by atoms with Crippen LogP contribution in [-0.2, 0) is 0 Å². The maximum absolute atomic E-state index is 4.80. The van der Waals surface area contributed by atoms with E-state index >= 15 is 0 Å². The molecule has 4 heteroatoms. The van der Waals surface area contributed by atoms with E-state index in [4.69, 9.17) is 4.98 Å². The van der Waals surface area contributed by atoms with Gasteiger partial charge < -0.3 is 0 Å². The van der Waals surface area contributed by atoms with Crippen molar-refractivity contribution in [3.8, 4) is 11.3 Å². The van der Waals surface area contributed by atoms with Gasteiger partial charge in [-0.2, -0.15) is 0 Å². The zero-order chi connectivity index (χ0) is 16.4. The van der Waals surface area contributed by atoms with Crippen LogP contribution < -0.4 is 0 Å². The van der Waals surface area contributed by atoms with Crippen LogP contribution in [0.1, 0.15) is 5.56 Å². The van der Waals surface area contributed by atoms with Gasteiger partial charge in [0.25, 0.3) is 0 Å². The molecular formula is C20H16N4. The summed E-state index contributed by atoms with van der Waals surface area (Å²) in [5.74, 6) is 0.740. The summed E-state index contributed by atoms with van der Waals surface area (Å²) in [5.41, 5.74) is 4.69. The molecule has 2 aromatic carbocycles. The molecule has 0 unspecified atom stereocenters. The van der Waals surface area contributed by atoms with Crippen LogP contribution in [-0.4, -0.2) is 9.38 Å². The van der Waals surface area contributed by atoms with Crippen molar-refractivity contribution in [2.24, 2.45) is 10.2 Å². The fourth-order valence-corrected chi connectivity index (χ4v) is 2.68. The van der Waals surface area contributed by atoms with Crippen molar-refractivity contribution in [3.05, 3.63) is 84.6 Å². The average molecular weight is 312 g/mol. The summed E-state index contributed by atoms with van der Waals surface area (Å²) in [5, 5.41) is 8.89. The average Bonchev–Trinajstić information content (AvgIpc) is 3.02. The lowest BCUT2D eigenvalue weighted by Gasteiger charge is -2.00. The molecule has 0 fully saturated rings. The van der Waals surface area contributed by atoms with Crippen molar-refractivity contribution in [3.63, 3.8) is 0 Å². The Morgan fingerprint density at radius 3 is 2.25 bits per heavy atom. The third-order valence-electron chi connectivity index (χ3n) is 3.88. The zero-order valence-electron chi connectivity index (χ0n) is 13.3. The quantitative estimate of drug-likeness (QED) is 0.446. The Labute approximate surface area is 140 Å². The van der Waals surface area contributed by atoms with Gasteiger partial charge in [-0.3, -0.25) is 4.40 Å². The van der Waals surface area contributed by atoms with Crippen LogP contribution in [0.15, 0.2) is 89.2 Å². The second-order valence-electron chi connectivity index (χ2n) is 5.57. The first-order chi connectivity index (χ1) is 11.8. The number of hydrogen-bond donors (Lipinski definition) is 0. The second-order valence-corrected chi connectivity index (χ2v) is 5.57. The SMILES string of the molecule is Cc1cccn2c(N=Nc3ccccc3)c(-c3ccccc3)nc12. The highest BCUT2D eigenvalue weighted by molar-refractivity contribution is 5.75. The summed E-state index contributed by atoms with van der Waals surface area (Å²) in [6.45, 7) is 2.05. The summed E-state index contributed by atoms with van der Waals surface area (Å²) < 4.78 is 1.99. The first-order valence-electron chi connectivity index (χ1n) is 7.83. The lowest BCUT2D eigenvalue weighted by molar-refractivity contribution is 1.10. The molecular weight excluding hydrogens is 296 g/mol. The molecule has 2 heterocycles. The Morgan fingerprint density at radius 1 is 0.792 bits per heavy atom. The zero-order valence-corrected chi connectivity index (χ0v) is 13.3. The molecule has 0 saturated carbocycles. The maximum Gasteiger partial charge on any atom is 0.187 e. The summed E-state index contributed by atoms with van der Waals surface area (Å²) >= 11 is 0. The molecule has 0 aliphatic rings. The molecule has 0 bridgehead atoms. The maximum atomic E-state index is 4.80. The van der Waals surface area contributed by atoms with Gasteiger partial charge in [-0.05, 0) is 30.7 Å². The van der Waals surface area contributed by atoms with Crippen molar-refractivity contribution in [1.82, 2.24) is 9.38 Å². The minimum Gasteiger partial charge on any atom is -0.282 e. The Hall–Kier alpha value is -3.27. The van der Waals surface area contributed by atoms with Gasteiger partial charge in [0.2, 0.25) is 0 Å². The fourth-order valence-electron chi connectivity index (χ4n) is 2.68. The number of nitrogens with zero attached hydrogens (tertiary/aromatic N) is 4. The van der Waals surface area contributed by atoms with Gasteiger partial charge in [-0.15, -0.1) is 10.2 Å². The highest BCUT2D eigenvalue weighted by atomic mass is 15.2. The van der Waals surface area contributed by atoms with E-state index in [-0.39, 0.29) is 0 Å². The predicted molar refractivity (Wildman–Crippen MR) is 96.0 cm³/mol. The van der Waals surface area contributed by atoms with Crippen LogP contribution in [0, 0.1) is 6.92 Å². The number of benzene rings is 2. The number of pyridine rings is 1. The Kier molecular flexibility index (Phi) is 3.63. The lowest BCUT2D eigenvalue weighted by Crippen LogP contribution is -1.85. The fraction of sp³-hybridized carbons (Fsp3) is 0.0500. The smallest absolute Gasteiger partial charge is 0.187 e. The van der Waals surface area contributed by atoms with Crippen molar-refractivity contribution in [2.75, 3.05) is 0 Å². The normalized spacial score (nSPS) is 11.4. The van der Waals surface area contributed by atoms with Gasteiger partial charge >= 0.3 is 0 Å². The number of rotatable bonds is 3. The number of imidazole rings is 1. The molecule has 0 spiro atoms. The topological polar surface area (TPSA) is 42.0 Å². The lowest BCUT2D eigenvalue weighted by atomic mass is 10.1. The highest BCUT2D eigenvalue weighted by Gasteiger charge is 2.14. The molecule has 0 radical (unpaired) electrons. The van der Waals surface area contributed by atoms with E-state index in [9.17, 15) is 0 Å². The van der Waals surface area contributed by atoms with E-state index in [0.29, 0.717) is 0 Å². The van der Waals surface area contributed by atoms with Crippen molar-refractivity contribution in [2.45, 2.75) is 6.92 Å². The minimum absolute atomic E-state index is 0.740. The molecule has 4 aromatic rings. The standard InChI is InChI=1S/C20H16N4/c1-15-9-8-14-24-19(15)21-18(16-10-4-2-5-11-16)20(24)23-22-17-12-6-3-7-13-17/h2-14H,1H3. The molecule has 116 valence electrons. The number of azo groups is 1. The van der Waals surface area contributed by atoms with Crippen LogP contribution in [0.2, 0.25) is 0 Å². The van der Waals surface area contributed by atoms with Crippen LogP contribution in [0.5, 0.6) is 0 Å². The van der Waals surface area contributed by atoms with E-state index in [0.717, 1.165) is 34.0 Å². The molecule has 24 heavy (non-hydrogen) atoms. The van der Waals surface area contributed by atoms with Gasteiger partial charge in [0.15, 0.2) is 5.82 Å². The van der Waals surface area contributed by atoms with Crippen molar-refractivity contribution in [1.29, 1.82) is 0 Å². The van der Waals surface area contributed by atoms with E-state index in [1.165, 1.54) is 0 Å². The first kappa shape index (κ1) is 14.3. The van der Waals surface area contributed by atoms with Gasteiger partial charge in [0, 0.05) is 11.8 Å². The molecule has 0 saturated heterocycles. The molecule has 0 aliphatic heterocycles. The van der Waals surface area contributed by atoms with Crippen molar-refractivity contribution >= 4 is 17.2 Å². The van der Waals surface area contributed by atoms with Crippen LogP contribution in [0.3, 0.4) is 0 Å². The number of aromatic nitrogens is 2. The number of hydrogen-bond acceptors (Lipinski definition) is 3. The van der Waals surface area contributed by atoms with Crippen molar-refractivity contribution < 1.29 is 0 Å². The molecule has 0 amide bonds. The predicted octanol–water partition coefficient (Wildman–Crippen LogP) is 5.73. The second kappa shape index (κ2) is 6.08. The molecule has 0 aliphatic carbocycles. The third-order valence-corrected chi connectivity index (χ3v) is 3.88. The Balaban J connectivity index is 1.92. The summed E-state index contributed by atoms with van der Waals surface area (Å²) in [6.07, 6.45) is 1.97. The van der Waals surface area contributed by atoms with Gasteiger partial charge in [0.05, 0.1) is 5.69 Å². The molecule has 0 atom stereocenters. The Bertz CT molecular complexity index is 1000. The monoisotopic (exact) mass is 312 g/mol. The van der Waals surface area contributed by atoms with Gasteiger partial charge in [-0.25, -0.2) is 4.98 Å². The molecule has 2 aromatic heterocycles. The third kappa shape index (κ3) is 2.58. The van der Waals surface area contributed by atoms with Crippen LogP contribution in [0.4, 0.5) is 11.5 Å².